The number of aryl methyl sites for hydroxylation is 1. The number of halogens is 1. The minimum atomic E-state index is -0.221. The lowest BCUT2D eigenvalue weighted by Gasteiger charge is -2.18. The molecule has 0 aliphatic heterocycles. The Hall–Kier alpha value is -2.01. The molecule has 0 aliphatic carbocycles. The summed E-state index contributed by atoms with van der Waals surface area (Å²) < 4.78 is 13.6. The third kappa shape index (κ3) is 3.26. The predicted molar refractivity (Wildman–Crippen MR) is 73.2 cm³/mol. The number of hydrogen-bond donors (Lipinski definition) is 1. The van der Waals surface area contributed by atoms with Crippen LogP contribution in [0.15, 0.2) is 30.3 Å². The highest BCUT2D eigenvalue weighted by atomic mass is 19.1. The van der Waals surface area contributed by atoms with Gasteiger partial charge in [0, 0.05) is 31.4 Å². The Bertz CT molecular complexity index is 571. The molecule has 0 amide bonds. The molecule has 4 nitrogen and oxygen atoms in total. The normalized spacial score (nSPS) is 10.5. The van der Waals surface area contributed by atoms with E-state index in [2.05, 4.69) is 9.97 Å². The Balaban J connectivity index is 2.22. The highest BCUT2D eigenvalue weighted by Gasteiger charge is 2.09. The van der Waals surface area contributed by atoms with Crippen LogP contribution in [0.25, 0.3) is 0 Å². The Morgan fingerprint density at radius 3 is 2.68 bits per heavy atom. The summed E-state index contributed by atoms with van der Waals surface area (Å²) in [7, 11) is 1.83. The van der Waals surface area contributed by atoms with Crippen molar-refractivity contribution in [2.45, 2.75) is 20.0 Å². The smallest absolute Gasteiger partial charge is 0.225 e. The largest absolute Gasteiger partial charge is 0.339 e. The lowest BCUT2D eigenvalue weighted by Crippen LogP contribution is -2.21. The van der Waals surface area contributed by atoms with Crippen LogP contribution < -0.4 is 10.6 Å². The molecule has 1 aromatic carbocycles. The minimum absolute atomic E-state index is 0.221. The second kappa shape index (κ2) is 5.75. The topological polar surface area (TPSA) is 55.0 Å². The molecule has 0 spiro atoms. The average Bonchev–Trinajstić information content (AvgIpc) is 2.40. The molecule has 19 heavy (non-hydrogen) atoms. The summed E-state index contributed by atoms with van der Waals surface area (Å²) in [5.41, 5.74) is 7.84. The van der Waals surface area contributed by atoms with E-state index in [1.54, 1.807) is 12.1 Å². The first kappa shape index (κ1) is 13.4. The maximum absolute atomic E-state index is 13.6. The number of nitrogens with two attached hydrogens (primary N) is 1. The van der Waals surface area contributed by atoms with Crippen LogP contribution in [0, 0.1) is 12.7 Å². The van der Waals surface area contributed by atoms with Crippen LogP contribution >= 0.6 is 0 Å². The molecular formula is C14H17FN4. The van der Waals surface area contributed by atoms with Gasteiger partial charge in [-0.1, -0.05) is 18.2 Å². The number of aromatic nitrogens is 2. The molecule has 1 heterocycles. The zero-order valence-electron chi connectivity index (χ0n) is 11.1. The lowest BCUT2D eigenvalue weighted by molar-refractivity contribution is 0.606. The summed E-state index contributed by atoms with van der Waals surface area (Å²) in [6.07, 6.45) is 0. The van der Waals surface area contributed by atoms with Crippen molar-refractivity contribution >= 4 is 5.95 Å². The van der Waals surface area contributed by atoms with E-state index in [4.69, 9.17) is 5.73 Å². The van der Waals surface area contributed by atoms with Crippen molar-refractivity contribution in [3.05, 3.63) is 53.1 Å². The summed E-state index contributed by atoms with van der Waals surface area (Å²) in [6, 6.07) is 8.54. The molecule has 0 radical (unpaired) electrons. The van der Waals surface area contributed by atoms with E-state index < -0.39 is 0 Å². The van der Waals surface area contributed by atoms with Gasteiger partial charge in [0.25, 0.3) is 0 Å². The molecule has 0 saturated heterocycles. The van der Waals surface area contributed by atoms with E-state index in [9.17, 15) is 4.39 Å². The molecule has 2 N–H and O–H groups in total. The van der Waals surface area contributed by atoms with E-state index in [-0.39, 0.29) is 5.82 Å². The Labute approximate surface area is 112 Å². The van der Waals surface area contributed by atoms with Crippen LogP contribution in [0.2, 0.25) is 0 Å². The maximum atomic E-state index is 13.6. The van der Waals surface area contributed by atoms with Crippen LogP contribution in [-0.4, -0.2) is 17.0 Å². The first-order valence-electron chi connectivity index (χ1n) is 6.09. The third-order valence-electron chi connectivity index (χ3n) is 2.81. The van der Waals surface area contributed by atoms with E-state index in [1.165, 1.54) is 6.07 Å². The van der Waals surface area contributed by atoms with E-state index >= 15 is 0 Å². The number of nitrogens with zero attached hydrogens (tertiary/aromatic N) is 3. The molecule has 2 rings (SSSR count). The van der Waals surface area contributed by atoms with Crippen LogP contribution in [-0.2, 0) is 13.1 Å². The molecule has 100 valence electrons. The third-order valence-corrected chi connectivity index (χ3v) is 2.81. The number of benzene rings is 1. The number of rotatable bonds is 4. The highest BCUT2D eigenvalue weighted by Crippen LogP contribution is 2.14. The number of anilines is 1. The van der Waals surface area contributed by atoms with Gasteiger partial charge in [0.2, 0.25) is 5.95 Å². The summed E-state index contributed by atoms with van der Waals surface area (Å²) in [5, 5.41) is 0. The van der Waals surface area contributed by atoms with Gasteiger partial charge in [-0.2, -0.15) is 0 Å². The van der Waals surface area contributed by atoms with Gasteiger partial charge < -0.3 is 10.6 Å². The van der Waals surface area contributed by atoms with Crippen LogP contribution in [0.3, 0.4) is 0 Å². The molecular weight excluding hydrogens is 243 g/mol. The quantitative estimate of drug-likeness (QED) is 0.913. The molecule has 0 saturated carbocycles. The Kier molecular flexibility index (Phi) is 4.06. The molecule has 2 aromatic rings. The molecule has 0 aliphatic rings. The average molecular weight is 260 g/mol. The van der Waals surface area contributed by atoms with Crippen LogP contribution in [0.5, 0.6) is 0 Å². The van der Waals surface area contributed by atoms with Crippen LogP contribution in [0.1, 0.15) is 17.0 Å². The second-order valence-corrected chi connectivity index (χ2v) is 4.45. The number of hydrogen-bond acceptors (Lipinski definition) is 4. The maximum Gasteiger partial charge on any atom is 0.225 e. The first-order chi connectivity index (χ1) is 9.10. The molecule has 5 heteroatoms. The van der Waals surface area contributed by atoms with E-state index in [0.29, 0.717) is 24.6 Å². The summed E-state index contributed by atoms with van der Waals surface area (Å²) in [5.74, 6) is 0.338. The Morgan fingerprint density at radius 1 is 1.26 bits per heavy atom. The minimum Gasteiger partial charge on any atom is -0.339 e. The van der Waals surface area contributed by atoms with Crippen molar-refractivity contribution in [1.29, 1.82) is 0 Å². The fourth-order valence-electron chi connectivity index (χ4n) is 1.84. The lowest BCUT2D eigenvalue weighted by atomic mass is 10.2. The van der Waals surface area contributed by atoms with Crippen molar-refractivity contribution < 1.29 is 4.39 Å². The monoisotopic (exact) mass is 260 g/mol. The molecule has 0 bridgehead atoms. The standard InChI is InChI=1S/C14H17FN4/c1-10-7-12(8-16)18-14(17-10)19(2)9-11-5-3-4-6-13(11)15/h3-7H,8-9,16H2,1-2H3. The van der Waals surface area contributed by atoms with Gasteiger partial charge >= 0.3 is 0 Å². The SMILES string of the molecule is Cc1cc(CN)nc(N(C)Cc2ccccc2F)n1. The highest BCUT2D eigenvalue weighted by molar-refractivity contribution is 5.33. The van der Waals surface area contributed by atoms with Crippen molar-refractivity contribution in [3.63, 3.8) is 0 Å². The zero-order valence-corrected chi connectivity index (χ0v) is 11.1. The predicted octanol–water partition coefficient (Wildman–Crippen LogP) is 2.02. The summed E-state index contributed by atoms with van der Waals surface area (Å²) in [4.78, 5) is 10.5. The molecule has 0 atom stereocenters. The van der Waals surface area contributed by atoms with E-state index in [1.807, 2.05) is 31.0 Å². The van der Waals surface area contributed by atoms with Gasteiger partial charge in [-0.3, -0.25) is 0 Å². The van der Waals surface area contributed by atoms with Crippen molar-refractivity contribution in [2.24, 2.45) is 5.73 Å². The van der Waals surface area contributed by atoms with Gasteiger partial charge in [-0.25, -0.2) is 14.4 Å². The van der Waals surface area contributed by atoms with Gasteiger partial charge in [0.05, 0.1) is 5.69 Å². The van der Waals surface area contributed by atoms with Crippen molar-refractivity contribution in [2.75, 3.05) is 11.9 Å². The molecule has 1 aromatic heterocycles. The molecule has 0 fully saturated rings. The van der Waals surface area contributed by atoms with Crippen molar-refractivity contribution in [1.82, 2.24) is 9.97 Å². The summed E-state index contributed by atoms with van der Waals surface area (Å²) in [6.45, 7) is 2.67. The van der Waals surface area contributed by atoms with Crippen LogP contribution in [0.4, 0.5) is 10.3 Å². The van der Waals surface area contributed by atoms with E-state index in [0.717, 1.165) is 11.4 Å². The second-order valence-electron chi connectivity index (χ2n) is 4.45. The fraction of sp³-hybridized carbons (Fsp3) is 0.286. The molecule has 0 unspecified atom stereocenters. The zero-order chi connectivity index (χ0) is 13.8. The van der Waals surface area contributed by atoms with Gasteiger partial charge in [-0.05, 0) is 19.1 Å². The van der Waals surface area contributed by atoms with Gasteiger partial charge in [0.15, 0.2) is 0 Å². The van der Waals surface area contributed by atoms with Crippen molar-refractivity contribution in [3.8, 4) is 0 Å². The Morgan fingerprint density at radius 2 is 2.00 bits per heavy atom. The van der Waals surface area contributed by atoms with Gasteiger partial charge in [0.1, 0.15) is 5.82 Å². The van der Waals surface area contributed by atoms with Gasteiger partial charge in [-0.15, -0.1) is 0 Å². The summed E-state index contributed by atoms with van der Waals surface area (Å²) >= 11 is 0. The fourth-order valence-corrected chi connectivity index (χ4v) is 1.84. The first-order valence-corrected chi connectivity index (χ1v) is 6.09.